The van der Waals surface area contributed by atoms with E-state index in [4.69, 9.17) is 19.4 Å². The van der Waals surface area contributed by atoms with Gasteiger partial charge in [0, 0.05) is 23.5 Å². The van der Waals surface area contributed by atoms with Gasteiger partial charge in [0.2, 0.25) is 11.8 Å². The Morgan fingerprint density at radius 1 is 0.872 bits per heavy atom. The Bertz CT molecular complexity index is 1970. The third-order valence-corrected chi connectivity index (χ3v) is 10.5. The molecule has 1 unspecified atom stereocenters. The van der Waals surface area contributed by atoms with Gasteiger partial charge >= 0.3 is 0 Å². The minimum atomic E-state index is -4.01. The molecule has 240 valence electrons. The first-order chi connectivity index (χ1) is 22.8. The lowest BCUT2D eigenvalue weighted by Crippen LogP contribution is -2.26. The van der Waals surface area contributed by atoms with E-state index in [0.717, 1.165) is 53.5 Å². The lowest BCUT2D eigenvalue weighted by atomic mass is 9.75. The minimum Gasteiger partial charge on any atom is -0.486 e. The quantitative estimate of drug-likeness (QED) is 0.210. The van der Waals surface area contributed by atoms with Gasteiger partial charge in [-0.25, -0.2) is 28.1 Å². The summed E-state index contributed by atoms with van der Waals surface area (Å²) in [7, 11) is -4.01. The molecule has 1 aliphatic carbocycles. The van der Waals surface area contributed by atoms with Crippen LogP contribution in [0.4, 0.5) is 5.95 Å². The number of hydrogen-bond acceptors (Lipinski definition) is 8. The number of hydrogen-bond donors (Lipinski definition) is 1. The van der Waals surface area contributed by atoms with Crippen LogP contribution in [0, 0.1) is 19.8 Å². The zero-order valence-corrected chi connectivity index (χ0v) is 27.3. The van der Waals surface area contributed by atoms with Gasteiger partial charge in [0.05, 0.1) is 29.6 Å². The van der Waals surface area contributed by atoms with Crippen molar-refractivity contribution in [3.63, 3.8) is 0 Å². The predicted molar refractivity (Wildman–Crippen MR) is 180 cm³/mol. The van der Waals surface area contributed by atoms with Gasteiger partial charge in [0.25, 0.3) is 10.0 Å². The van der Waals surface area contributed by atoms with Gasteiger partial charge in [-0.05, 0) is 67.0 Å². The fourth-order valence-corrected chi connectivity index (χ4v) is 7.92. The summed E-state index contributed by atoms with van der Waals surface area (Å²) in [6.45, 7) is 4.86. The van der Waals surface area contributed by atoms with E-state index in [1.807, 2.05) is 68.4 Å². The van der Waals surface area contributed by atoms with Crippen molar-refractivity contribution in [1.82, 2.24) is 19.9 Å². The summed E-state index contributed by atoms with van der Waals surface area (Å²) in [5, 5.41) is 0. The number of sulfonamides is 1. The molecular formula is C37H37N5O4S. The van der Waals surface area contributed by atoms with E-state index in [-0.39, 0.29) is 28.6 Å². The SMILES string of the molecule is Cc1cccc(C)c1-c1cc2nc(n1)NS(=O)(=O)c1cccc(c1)C1[C@@H](CCCC[C@@H]1c1ncc(OCc3ccccc3)cn1)CO2. The summed E-state index contributed by atoms with van der Waals surface area (Å²) in [4.78, 5) is 18.9. The zero-order chi connectivity index (χ0) is 32.4. The number of fused-ring (bicyclic) bond motifs is 6. The summed E-state index contributed by atoms with van der Waals surface area (Å²) in [6, 6.07) is 25.0. The Labute approximate surface area is 275 Å². The predicted octanol–water partition coefficient (Wildman–Crippen LogP) is 7.38. The number of aromatic nitrogens is 4. The first-order valence-electron chi connectivity index (χ1n) is 16.0. The number of nitrogens with one attached hydrogen (secondary N) is 1. The van der Waals surface area contributed by atoms with E-state index in [1.165, 1.54) is 0 Å². The third kappa shape index (κ3) is 6.69. The van der Waals surface area contributed by atoms with Gasteiger partial charge in [-0.2, -0.15) is 4.98 Å². The first-order valence-corrected chi connectivity index (χ1v) is 17.5. The smallest absolute Gasteiger partial charge is 0.264 e. The van der Waals surface area contributed by atoms with Crippen LogP contribution in [0.25, 0.3) is 11.3 Å². The van der Waals surface area contributed by atoms with Crippen molar-refractivity contribution in [3.8, 4) is 22.9 Å². The second-order valence-electron chi connectivity index (χ2n) is 12.4. The molecule has 1 saturated carbocycles. The number of aryl methyl sites for hydroxylation is 2. The molecule has 5 aromatic rings. The van der Waals surface area contributed by atoms with Crippen LogP contribution < -0.4 is 14.2 Å². The van der Waals surface area contributed by atoms with Gasteiger partial charge in [0.15, 0.2) is 5.75 Å². The molecule has 0 saturated heterocycles. The summed E-state index contributed by atoms with van der Waals surface area (Å²) in [5.41, 5.74) is 5.57. The second-order valence-corrected chi connectivity index (χ2v) is 14.1. The van der Waals surface area contributed by atoms with Crippen molar-refractivity contribution < 1.29 is 17.9 Å². The van der Waals surface area contributed by atoms with Gasteiger partial charge in [-0.1, -0.05) is 73.5 Å². The van der Waals surface area contributed by atoms with Gasteiger partial charge in [-0.15, -0.1) is 0 Å². The van der Waals surface area contributed by atoms with E-state index >= 15 is 0 Å². The monoisotopic (exact) mass is 647 g/mol. The molecule has 10 heteroatoms. The van der Waals surface area contributed by atoms with Crippen LogP contribution in [-0.2, 0) is 16.6 Å². The standard InChI is InChI=1S/C37H37N5O4S/c1-24-10-8-11-25(2)34(24)32-19-33-41-37(40-32)42-47(43,44)30-16-9-15-27(18-30)35-28(23-46-33)14-6-7-17-31(35)36-38-20-29(21-39-36)45-22-26-12-4-3-5-13-26/h3-5,8-13,15-16,18-21,28,31,35H,6-7,14,17,22-23H2,1-2H3,(H,40,41,42)/t28-,31-,35?/m0/s1. The van der Waals surface area contributed by atoms with E-state index < -0.39 is 10.0 Å². The van der Waals surface area contributed by atoms with E-state index in [0.29, 0.717) is 36.4 Å². The van der Waals surface area contributed by atoms with Gasteiger partial charge in [-0.3, -0.25) is 0 Å². The average molecular weight is 648 g/mol. The number of anilines is 1. The van der Waals surface area contributed by atoms with Crippen molar-refractivity contribution in [2.75, 3.05) is 11.3 Å². The van der Waals surface area contributed by atoms with Gasteiger partial charge < -0.3 is 9.47 Å². The molecule has 3 heterocycles. The Balaban J connectivity index is 1.25. The molecule has 1 fully saturated rings. The molecule has 0 spiro atoms. The van der Waals surface area contributed by atoms with E-state index in [9.17, 15) is 8.42 Å². The summed E-state index contributed by atoms with van der Waals surface area (Å²) < 4.78 is 42.6. The minimum absolute atomic E-state index is 0.0237. The van der Waals surface area contributed by atoms with Crippen LogP contribution in [0.3, 0.4) is 0 Å². The molecular weight excluding hydrogens is 611 g/mol. The summed E-state index contributed by atoms with van der Waals surface area (Å²) in [6.07, 6.45) is 7.27. The fraction of sp³-hybridized carbons (Fsp3) is 0.297. The summed E-state index contributed by atoms with van der Waals surface area (Å²) >= 11 is 0. The maximum atomic E-state index is 13.8. The number of benzene rings is 3. The van der Waals surface area contributed by atoms with E-state index in [2.05, 4.69) is 14.7 Å². The fourth-order valence-electron chi connectivity index (χ4n) is 6.92. The molecule has 2 aromatic heterocycles. The van der Waals surface area contributed by atoms with Crippen LogP contribution in [0.5, 0.6) is 11.6 Å². The van der Waals surface area contributed by atoms with Crippen molar-refractivity contribution in [2.24, 2.45) is 5.92 Å². The largest absolute Gasteiger partial charge is 0.486 e. The topological polar surface area (TPSA) is 116 Å². The zero-order valence-electron chi connectivity index (χ0n) is 26.5. The highest BCUT2D eigenvalue weighted by atomic mass is 32.2. The average Bonchev–Trinajstić information content (AvgIpc) is 3.29. The van der Waals surface area contributed by atoms with E-state index in [1.54, 1.807) is 36.7 Å². The number of nitrogens with zero attached hydrogens (tertiary/aromatic N) is 4. The molecule has 47 heavy (non-hydrogen) atoms. The van der Waals surface area contributed by atoms with Crippen molar-refractivity contribution in [3.05, 3.63) is 119 Å². The van der Waals surface area contributed by atoms with Crippen LogP contribution in [-0.4, -0.2) is 35.0 Å². The van der Waals surface area contributed by atoms with Crippen LogP contribution in [0.15, 0.2) is 96.2 Å². The first kappa shape index (κ1) is 30.8. The molecule has 3 atom stereocenters. The highest BCUT2D eigenvalue weighted by Crippen LogP contribution is 2.46. The summed E-state index contributed by atoms with van der Waals surface area (Å²) in [5.74, 6) is 1.56. The molecule has 0 amide bonds. The number of rotatable bonds is 5. The molecule has 1 N–H and O–H groups in total. The lowest BCUT2D eigenvalue weighted by molar-refractivity contribution is 0.201. The molecule has 1 aliphatic heterocycles. The van der Waals surface area contributed by atoms with Crippen molar-refractivity contribution in [2.45, 2.75) is 62.9 Å². The molecule has 9 nitrogen and oxygen atoms in total. The molecule has 4 bridgehead atoms. The highest BCUT2D eigenvalue weighted by molar-refractivity contribution is 7.92. The number of ether oxygens (including phenoxy) is 2. The maximum Gasteiger partial charge on any atom is 0.264 e. The lowest BCUT2D eigenvalue weighted by Gasteiger charge is -2.32. The second kappa shape index (κ2) is 13.1. The normalized spacial score (nSPS) is 20.3. The Morgan fingerprint density at radius 3 is 2.40 bits per heavy atom. The highest BCUT2D eigenvalue weighted by Gasteiger charge is 2.37. The van der Waals surface area contributed by atoms with Crippen molar-refractivity contribution >= 4 is 16.0 Å². The van der Waals surface area contributed by atoms with Crippen molar-refractivity contribution in [1.29, 1.82) is 0 Å². The Morgan fingerprint density at radius 2 is 1.62 bits per heavy atom. The van der Waals surface area contributed by atoms with Gasteiger partial charge in [0.1, 0.15) is 12.4 Å². The van der Waals surface area contributed by atoms with Crippen LogP contribution in [0.2, 0.25) is 0 Å². The molecule has 2 aliphatic rings. The Kier molecular flexibility index (Phi) is 8.60. The Hall–Kier alpha value is -4.83. The molecule has 3 aromatic carbocycles. The molecule has 0 radical (unpaired) electrons. The third-order valence-electron chi connectivity index (χ3n) is 9.17. The maximum absolute atomic E-state index is 13.8. The van der Waals surface area contributed by atoms with Crippen LogP contribution in [0.1, 0.15) is 65.6 Å². The molecule has 7 rings (SSSR count). The van der Waals surface area contributed by atoms with Crippen LogP contribution >= 0.6 is 0 Å².